The zero-order valence-corrected chi connectivity index (χ0v) is 37.7. The molecule has 4 aromatic rings. The minimum atomic E-state index is -0.987. The molecule has 0 aliphatic carbocycles. The van der Waals surface area contributed by atoms with E-state index in [1.807, 2.05) is 34.6 Å². The summed E-state index contributed by atoms with van der Waals surface area (Å²) in [5.74, 6) is -2.16. The van der Waals surface area contributed by atoms with Crippen LogP contribution in [0.15, 0.2) is 41.4 Å². The van der Waals surface area contributed by atoms with Crippen LogP contribution in [-0.2, 0) is 19.1 Å². The minimum absolute atomic E-state index is 0.00991. The molecule has 58 heavy (non-hydrogen) atoms. The van der Waals surface area contributed by atoms with Gasteiger partial charge in [0.1, 0.15) is 11.2 Å². The molecule has 0 amide bonds. The number of carboxylic acids is 1. The maximum atomic E-state index is 12.4. The summed E-state index contributed by atoms with van der Waals surface area (Å²) in [6.45, 7) is 22.9. The number of methoxy groups -OCH3 is 2. The van der Waals surface area contributed by atoms with Crippen molar-refractivity contribution in [2.75, 3.05) is 14.2 Å². The van der Waals surface area contributed by atoms with Crippen molar-refractivity contribution in [3.8, 4) is 23.0 Å². The van der Waals surface area contributed by atoms with Gasteiger partial charge in [0, 0.05) is 46.5 Å². The molecule has 0 bridgehead atoms. The quantitative estimate of drug-likeness (QED) is 0.0458. The summed E-state index contributed by atoms with van der Waals surface area (Å²) in [5.41, 5.74) is -0.768. The number of amidine groups is 1. The van der Waals surface area contributed by atoms with Crippen molar-refractivity contribution in [2.45, 2.75) is 119 Å². The fraction of sp³-hybridized carbons (Fsp3) is 0.512. The first-order valence-electron chi connectivity index (χ1n) is 18.9. The maximum absolute atomic E-state index is 12.4. The molecular formula is C43H60N2O11S2. The molecule has 2 aromatic carbocycles. The lowest BCUT2D eigenvalue weighted by Crippen LogP contribution is -2.38. The molecule has 4 N–H and O–H groups in total. The van der Waals surface area contributed by atoms with E-state index in [0.29, 0.717) is 33.3 Å². The van der Waals surface area contributed by atoms with Crippen molar-refractivity contribution >= 4 is 72.4 Å². The van der Waals surface area contributed by atoms with Crippen molar-refractivity contribution in [3.05, 3.63) is 46.2 Å². The summed E-state index contributed by atoms with van der Waals surface area (Å²) >= 11 is 2.58. The number of phenols is 2. The Morgan fingerprint density at radius 1 is 0.672 bits per heavy atom. The zero-order chi connectivity index (χ0) is 44.3. The minimum Gasteiger partial charge on any atom is -0.504 e. The van der Waals surface area contributed by atoms with E-state index in [9.17, 15) is 29.4 Å². The molecule has 320 valence electrons. The van der Waals surface area contributed by atoms with Crippen LogP contribution in [0.2, 0.25) is 0 Å². The largest absolute Gasteiger partial charge is 0.504 e. The molecule has 0 fully saturated rings. The lowest BCUT2D eigenvalue weighted by molar-refractivity contribution is -0.159. The Kier molecular flexibility index (Phi) is 18.0. The van der Waals surface area contributed by atoms with Gasteiger partial charge in [-0.05, 0) is 104 Å². The SMILES string of the molecule is CC(C)N=C(NC(C)C)OC(C)(C)C.COc1cc2sc(C(=O)C[C@H](C)C(=O)O)cc2cc1O.COc1cc2sc(C(=O)C[C@H](C)C(=O)OC(C)(C)C)cc2cc1O. The Hall–Kier alpha value is -4.89. The summed E-state index contributed by atoms with van der Waals surface area (Å²) < 4.78 is 22.7. The van der Waals surface area contributed by atoms with E-state index < -0.39 is 23.4 Å². The Labute approximate surface area is 349 Å². The molecule has 0 aliphatic rings. The molecular weight excluding hydrogens is 785 g/mol. The van der Waals surface area contributed by atoms with E-state index >= 15 is 0 Å². The number of esters is 1. The van der Waals surface area contributed by atoms with E-state index in [4.69, 9.17) is 24.1 Å². The van der Waals surface area contributed by atoms with Crippen LogP contribution in [0.3, 0.4) is 0 Å². The fourth-order valence-corrected chi connectivity index (χ4v) is 6.95. The number of aromatic hydroxyl groups is 2. The number of rotatable bonds is 12. The van der Waals surface area contributed by atoms with Crippen molar-refractivity contribution in [2.24, 2.45) is 16.8 Å². The van der Waals surface area contributed by atoms with Crippen LogP contribution in [-0.4, -0.2) is 82.4 Å². The highest BCUT2D eigenvalue weighted by Gasteiger charge is 2.25. The van der Waals surface area contributed by atoms with Crippen LogP contribution in [0.5, 0.6) is 23.0 Å². The third kappa shape index (κ3) is 16.2. The molecule has 0 unspecified atom stereocenters. The average Bonchev–Trinajstić information content (AvgIpc) is 3.69. The molecule has 2 heterocycles. The van der Waals surface area contributed by atoms with Crippen molar-refractivity contribution in [1.82, 2.24) is 5.32 Å². The second kappa shape index (κ2) is 21.2. The van der Waals surface area contributed by atoms with Crippen molar-refractivity contribution in [1.29, 1.82) is 0 Å². The number of thiophene rings is 2. The van der Waals surface area contributed by atoms with Gasteiger partial charge in [-0.3, -0.25) is 19.2 Å². The summed E-state index contributed by atoms with van der Waals surface area (Å²) in [7, 11) is 2.93. The predicted molar refractivity (Wildman–Crippen MR) is 231 cm³/mol. The number of carbonyl (C=O) groups is 4. The number of aliphatic imine (C=N–C) groups is 1. The van der Waals surface area contributed by atoms with E-state index in [1.165, 1.54) is 49.9 Å². The molecule has 13 nitrogen and oxygen atoms in total. The Morgan fingerprint density at radius 3 is 1.43 bits per heavy atom. The van der Waals surface area contributed by atoms with Crippen LogP contribution in [0, 0.1) is 11.8 Å². The number of aliphatic carboxylic acids is 1. The smallest absolute Gasteiger partial charge is 0.309 e. The van der Waals surface area contributed by atoms with Gasteiger partial charge in [-0.1, -0.05) is 13.8 Å². The first-order valence-corrected chi connectivity index (χ1v) is 20.5. The molecule has 4 rings (SSSR count). The number of phenolic OH excluding ortho intramolecular Hbond substituents is 2. The number of nitrogens with one attached hydrogen (secondary N) is 1. The van der Waals surface area contributed by atoms with Crippen LogP contribution in [0.1, 0.15) is 115 Å². The second-order valence-electron chi connectivity index (χ2n) is 16.3. The average molecular weight is 845 g/mol. The number of benzene rings is 2. The van der Waals surface area contributed by atoms with Crippen molar-refractivity contribution < 1.29 is 53.4 Å². The third-order valence-corrected chi connectivity index (χ3v) is 9.87. The Morgan fingerprint density at radius 2 is 1.09 bits per heavy atom. The van der Waals surface area contributed by atoms with E-state index in [1.54, 1.807) is 58.0 Å². The van der Waals surface area contributed by atoms with E-state index in [2.05, 4.69) is 24.2 Å². The summed E-state index contributed by atoms with van der Waals surface area (Å²) in [4.78, 5) is 52.7. The number of nitrogens with zero attached hydrogens (tertiary/aromatic N) is 1. The second-order valence-corrected chi connectivity index (χ2v) is 18.5. The van der Waals surface area contributed by atoms with Gasteiger partial charge >= 0.3 is 11.9 Å². The number of carboxylic acid groups (broad SMARTS) is 1. The first-order chi connectivity index (χ1) is 26.7. The van der Waals surface area contributed by atoms with E-state index in [-0.39, 0.29) is 53.5 Å². The lowest BCUT2D eigenvalue weighted by Gasteiger charge is -2.24. The lowest BCUT2D eigenvalue weighted by atomic mass is 10.0. The van der Waals surface area contributed by atoms with Gasteiger partial charge in [0.05, 0.1) is 35.8 Å². The van der Waals surface area contributed by atoms with Gasteiger partial charge in [0.2, 0.25) is 0 Å². The highest BCUT2D eigenvalue weighted by Crippen LogP contribution is 2.37. The Bertz CT molecular complexity index is 2070. The van der Waals surface area contributed by atoms with Gasteiger partial charge < -0.3 is 39.6 Å². The van der Waals surface area contributed by atoms with Crippen LogP contribution in [0.4, 0.5) is 0 Å². The number of carbonyl (C=O) groups excluding carboxylic acids is 3. The molecule has 2 atom stereocenters. The van der Waals surface area contributed by atoms with Crippen LogP contribution < -0.4 is 14.8 Å². The number of Topliss-reactive ketones (excluding diaryl/α,β-unsaturated/α-hetero) is 2. The van der Waals surface area contributed by atoms with Crippen LogP contribution >= 0.6 is 22.7 Å². The van der Waals surface area contributed by atoms with Crippen LogP contribution in [0.25, 0.3) is 20.2 Å². The van der Waals surface area contributed by atoms with Gasteiger partial charge in [-0.25, -0.2) is 4.99 Å². The maximum Gasteiger partial charge on any atom is 0.309 e. The number of ketones is 2. The topological polar surface area (TPSA) is 190 Å². The molecule has 0 spiro atoms. The highest BCUT2D eigenvalue weighted by molar-refractivity contribution is 7.21. The standard InChI is InChI=1S/C18H22O5S.C14H14O5S.C11H24N2O/c1-10(17(21)23-18(2,3)4)6-13(20)16-8-11-7-12(19)14(22-5)9-15(11)24-16;1-7(14(17)18)3-10(16)13-5-8-4-9(15)11(19-2)6-12(8)20-13;1-8(2)12-10(13-9(3)4)14-11(5,6)7/h7-10,19H,6H2,1-5H3;4-7,15H,3H2,1-2H3,(H,17,18);8-9H,1-7H3,(H,12,13)/t10-;7-;/m00./s1. The molecule has 15 heteroatoms. The molecule has 0 aliphatic heterocycles. The number of hydrogen-bond acceptors (Lipinski definition) is 13. The normalized spacial score (nSPS) is 12.9. The molecule has 0 saturated heterocycles. The summed E-state index contributed by atoms with van der Waals surface area (Å²) in [5, 5.41) is 33.0. The predicted octanol–water partition coefficient (Wildman–Crippen LogP) is 9.64. The molecule has 0 saturated carbocycles. The number of ether oxygens (including phenoxy) is 4. The third-order valence-electron chi connectivity index (χ3n) is 7.59. The van der Waals surface area contributed by atoms with Gasteiger partial charge in [-0.2, -0.15) is 0 Å². The number of hydrogen-bond donors (Lipinski definition) is 4. The highest BCUT2D eigenvalue weighted by atomic mass is 32.1. The zero-order valence-electron chi connectivity index (χ0n) is 36.1. The Balaban J connectivity index is 0.000000311. The molecule has 2 aromatic heterocycles. The van der Waals surface area contributed by atoms with Gasteiger partial charge in [-0.15, -0.1) is 22.7 Å². The van der Waals surface area contributed by atoms with Gasteiger partial charge in [0.15, 0.2) is 34.6 Å². The summed E-state index contributed by atoms with van der Waals surface area (Å²) in [6.07, 6.45) is 0.0517. The summed E-state index contributed by atoms with van der Waals surface area (Å²) in [6, 6.07) is 11.1. The number of fused-ring (bicyclic) bond motifs is 2. The first kappa shape index (κ1) is 49.3. The fourth-order valence-electron chi connectivity index (χ4n) is 4.91. The van der Waals surface area contributed by atoms with Gasteiger partial charge in [0.25, 0.3) is 6.02 Å². The molecule has 0 radical (unpaired) electrons. The van der Waals surface area contributed by atoms with E-state index in [0.717, 1.165) is 20.2 Å². The van der Waals surface area contributed by atoms with Crippen molar-refractivity contribution in [3.63, 3.8) is 0 Å². The monoisotopic (exact) mass is 844 g/mol.